The number of nitrogens with two attached hydrogens (primary N) is 1. The second-order valence-electron chi connectivity index (χ2n) is 13.4. The molecule has 0 aromatic heterocycles. The van der Waals surface area contributed by atoms with Crippen LogP contribution in [-0.2, 0) is 37.5 Å². The average molecular weight is 840 g/mol. The van der Waals surface area contributed by atoms with Gasteiger partial charge >= 0.3 is 18.0 Å². The summed E-state index contributed by atoms with van der Waals surface area (Å²) in [6.07, 6.45) is 0. The molecule has 0 aliphatic carbocycles. The zero-order valence-corrected chi connectivity index (χ0v) is 33.3. The van der Waals surface area contributed by atoms with Crippen molar-refractivity contribution in [1.82, 2.24) is 9.80 Å². The van der Waals surface area contributed by atoms with E-state index in [2.05, 4.69) is 4.74 Å². The lowest BCUT2D eigenvalue weighted by molar-refractivity contribution is 0.0600. The molecule has 0 unspecified atom stereocenters. The van der Waals surface area contributed by atoms with E-state index >= 15 is 0 Å². The fraction of sp³-hybridized carbons (Fsp3) is 0.300. The average Bonchev–Trinajstić information content (AvgIpc) is 3.22. The minimum absolute atomic E-state index is 0.0600. The van der Waals surface area contributed by atoms with Gasteiger partial charge in [0.25, 0.3) is 0 Å². The summed E-state index contributed by atoms with van der Waals surface area (Å²) in [7, 11) is -5.02. The van der Waals surface area contributed by atoms with E-state index in [1.807, 2.05) is 0 Å². The third-order valence-corrected chi connectivity index (χ3v) is 12.7. The first kappa shape index (κ1) is 43.4. The Morgan fingerprint density at radius 1 is 0.603 bits per heavy atom. The minimum Gasteiger partial charge on any atom is -0.465 e. The van der Waals surface area contributed by atoms with Crippen molar-refractivity contribution in [3.63, 3.8) is 0 Å². The van der Waals surface area contributed by atoms with Gasteiger partial charge in [0.05, 0.1) is 66.7 Å². The van der Waals surface area contributed by atoms with Gasteiger partial charge in [-0.2, -0.15) is 0 Å². The molecule has 2 heterocycles. The molecule has 4 aromatic carbocycles. The number of para-hydroxylation sites is 2. The molecule has 58 heavy (non-hydrogen) atoms. The maximum atomic E-state index is 14.4. The second-order valence-corrected chi connectivity index (χ2v) is 18.0. The minimum atomic E-state index is -3.15. The number of anilines is 2. The molecule has 0 radical (unpaired) electrons. The number of carbonyl (C=O) groups excluding carboxylic acids is 4. The number of Topliss-reactive ketones (excluding diaryl/α,β-unsaturated/α-hetero) is 1. The monoisotopic (exact) mass is 839 g/mol. The number of carbonyl (C=O) groups is 4. The number of ether oxygens (including phenoxy) is 1. The Morgan fingerprint density at radius 3 is 1.31 bits per heavy atom. The molecule has 14 nitrogen and oxygen atoms in total. The van der Waals surface area contributed by atoms with Crippen molar-refractivity contribution in [3.8, 4) is 0 Å². The molecular formula is C40H43F2N5O9S2. The number of sulfone groups is 2. The van der Waals surface area contributed by atoms with Crippen LogP contribution in [0.3, 0.4) is 0 Å². The largest absolute Gasteiger partial charge is 0.465 e. The van der Waals surface area contributed by atoms with Crippen molar-refractivity contribution in [3.05, 3.63) is 131 Å². The number of urea groups is 2. The third kappa shape index (κ3) is 11.2. The summed E-state index contributed by atoms with van der Waals surface area (Å²) in [5, 5.41) is 0. The van der Waals surface area contributed by atoms with Crippen LogP contribution < -0.4 is 15.5 Å². The molecule has 0 bridgehead atoms. The zero-order chi connectivity index (χ0) is 42.0. The van der Waals surface area contributed by atoms with E-state index in [1.54, 1.807) is 60.7 Å². The van der Waals surface area contributed by atoms with E-state index in [0.717, 1.165) is 0 Å². The van der Waals surface area contributed by atoms with E-state index in [9.17, 15) is 44.8 Å². The molecule has 308 valence electrons. The lowest BCUT2D eigenvalue weighted by atomic mass is 10.1. The third-order valence-electron chi connectivity index (χ3n) is 9.50. The molecule has 2 aliphatic heterocycles. The molecule has 2 fully saturated rings. The first-order chi connectivity index (χ1) is 27.6. The highest BCUT2D eigenvalue weighted by Crippen LogP contribution is 2.25. The number of rotatable bonds is 9. The molecule has 0 atom stereocenters. The summed E-state index contributed by atoms with van der Waals surface area (Å²) in [6.45, 7) is 0.286. The molecule has 0 saturated carbocycles. The Bertz CT molecular complexity index is 2150. The van der Waals surface area contributed by atoms with Gasteiger partial charge in [0.2, 0.25) is 0 Å². The van der Waals surface area contributed by atoms with Crippen molar-refractivity contribution in [2.45, 2.75) is 13.1 Å². The fourth-order valence-corrected chi connectivity index (χ4v) is 8.55. The summed E-state index contributed by atoms with van der Waals surface area (Å²) in [6, 6.07) is 23.9. The zero-order valence-electron chi connectivity index (χ0n) is 31.6. The predicted octanol–water partition coefficient (Wildman–Crippen LogP) is 4.29. The molecule has 18 heteroatoms. The molecule has 4 amide bonds. The summed E-state index contributed by atoms with van der Waals surface area (Å²) in [5.74, 6) is -2.24. The van der Waals surface area contributed by atoms with Crippen molar-refractivity contribution < 1.29 is 49.5 Å². The van der Waals surface area contributed by atoms with Crippen LogP contribution in [0.2, 0.25) is 0 Å². The Morgan fingerprint density at radius 2 is 0.966 bits per heavy atom. The van der Waals surface area contributed by atoms with Crippen LogP contribution in [0, 0.1) is 11.6 Å². The number of hydrogen-bond donors (Lipinski definition) is 1. The quantitative estimate of drug-likeness (QED) is 0.188. The highest BCUT2D eigenvalue weighted by atomic mass is 32.2. The number of methoxy groups -OCH3 is 1. The van der Waals surface area contributed by atoms with E-state index in [4.69, 9.17) is 5.73 Å². The second kappa shape index (κ2) is 19.1. The number of ketones is 1. The fourth-order valence-electron chi connectivity index (χ4n) is 6.14. The molecule has 2 N–H and O–H groups in total. The van der Waals surface area contributed by atoms with Gasteiger partial charge in [-0.25, -0.2) is 40.0 Å². The summed E-state index contributed by atoms with van der Waals surface area (Å²) in [5.41, 5.74) is 7.76. The van der Waals surface area contributed by atoms with Crippen molar-refractivity contribution in [1.29, 1.82) is 0 Å². The number of amides is 4. The van der Waals surface area contributed by atoms with Gasteiger partial charge in [0.1, 0.15) is 11.6 Å². The number of hydrogen-bond acceptors (Lipinski definition) is 10. The van der Waals surface area contributed by atoms with Crippen molar-refractivity contribution in [2.24, 2.45) is 5.73 Å². The summed E-state index contributed by atoms with van der Waals surface area (Å²) < 4.78 is 80.2. The van der Waals surface area contributed by atoms with Crippen LogP contribution in [0.4, 0.5) is 29.7 Å². The Hall–Kier alpha value is -5.72. The van der Waals surface area contributed by atoms with Gasteiger partial charge in [-0.05, 0) is 47.5 Å². The maximum Gasteiger partial charge on any atom is 0.337 e. The van der Waals surface area contributed by atoms with Crippen LogP contribution >= 0.6 is 0 Å². The van der Waals surface area contributed by atoms with E-state index in [0.29, 0.717) is 22.3 Å². The Labute approximate surface area is 335 Å². The van der Waals surface area contributed by atoms with Crippen LogP contribution in [-0.4, -0.2) is 113 Å². The van der Waals surface area contributed by atoms with Crippen molar-refractivity contribution >= 4 is 54.9 Å². The van der Waals surface area contributed by atoms with Crippen LogP contribution in [0.1, 0.15) is 31.8 Å². The highest BCUT2D eigenvalue weighted by molar-refractivity contribution is 7.91. The summed E-state index contributed by atoms with van der Waals surface area (Å²) >= 11 is 0. The topological polar surface area (TPSA) is 185 Å². The maximum absolute atomic E-state index is 14.4. The van der Waals surface area contributed by atoms with Gasteiger partial charge in [-0.1, -0.05) is 60.7 Å². The van der Waals surface area contributed by atoms with Crippen LogP contribution in [0.25, 0.3) is 0 Å². The van der Waals surface area contributed by atoms with Gasteiger partial charge in [0.15, 0.2) is 25.5 Å². The number of benzene rings is 4. The first-order valence-corrected chi connectivity index (χ1v) is 21.8. The molecule has 6 rings (SSSR count). The van der Waals surface area contributed by atoms with Gasteiger partial charge < -0.3 is 20.3 Å². The molecule has 2 aliphatic rings. The van der Waals surface area contributed by atoms with Gasteiger partial charge in [0, 0.05) is 31.7 Å². The molecular weight excluding hydrogens is 797 g/mol. The first-order valence-electron chi connectivity index (χ1n) is 18.1. The Kier molecular flexibility index (Phi) is 14.3. The predicted molar refractivity (Wildman–Crippen MR) is 214 cm³/mol. The van der Waals surface area contributed by atoms with Crippen LogP contribution in [0.15, 0.2) is 97.1 Å². The number of halogens is 2. The molecule has 2 saturated heterocycles. The number of esters is 1. The van der Waals surface area contributed by atoms with E-state index < -0.39 is 49.3 Å². The van der Waals surface area contributed by atoms with E-state index in [-0.39, 0.29) is 86.0 Å². The van der Waals surface area contributed by atoms with Crippen molar-refractivity contribution in [2.75, 3.05) is 72.6 Å². The highest BCUT2D eigenvalue weighted by Gasteiger charge is 2.31. The molecule has 0 spiro atoms. The SMILES string of the molecule is COC(=O)c1ccc(CN(C(=O)N2CCS(=O)(=O)CC2)c2ccccc2F)cc1.NCC(=O)c1ccc(CN(C(=O)N2CCS(=O)(=O)CC2)c2ccccc2F)cc1. The van der Waals surface area contributed by atoms with E-state index in [1.165, 1.54) is 63.1 Å². The molecule has 4 aromatic rings. The van der Waals surface area contributed by atoms with Gasteiger partial charge in [-0.15, -0.1) is 0 Å². The lowest BCUT2D eigenvalue weighted by Crippen LogP contribution is -2.50. The Balaban J connectivity index is 0.000000221. The van der Waals surface area contributed by atoms with Gasteiger partial charge in [-0.3, -0.25) is 14.6 Å². The normalized spacial score (nSPS) is 15.7. The number of nitrogens with zero attached hydrogens (tertiary/aromatic N) is 4. The van der Waals surface area contributed by atoms with Crippen LogP contribution in [0.5, 0.6) is 0 Å². The standard InChI is InChI=1S/C20H22FN3O4S.C20H21FN2O5S/c21-17-3-1-2-4-18(17)24(20(26)23-9-11-29(27,28)12-10-23)14-15-5-7-16(8-6-15)19(25)13-22;1-28-19(24)16-8-6-15(7-9-16)14-23(18-5-3-2-4-17(18)21)20(25)22-10-12-29(26,27)13-11-22/h1-8H,9-14,22H2;2-9H,10-14H2,1H3. The smallest absolute Gasteiger partial charge is 0.337 e. The lowest BCUT2D eigenvalue weighted by Gasteiger charge is -2.33. The summed E-state index contributed by atoms with van der Waals surface area (Å²) in [4.78, 5) is 54.9.